The maximum atomic E-state index is 13.0. The molecule has 2 aliphatic carbocycles. The van der Waals surface area contributed by atoms with Gasteiger partial charge in [-0.05, 0) is 36.8 Å². The van der Waals surface area contributed by atoms with E-state index in [1.807, 2.05) is 11.1 Å². The molecule has 1 saturated heterocycles. The van der Waals surface area contributed by atoms with Crippen LogP contribution >= 0.6 is 0 Å². The predicted octanol–water partition coefficient (Wildman–Crippen LogP) is 8.54. The summed E-state index contributed by atoms with van der Waals surface area (Å²) in [7, 11) is 0. The second-order valence-electron chi connectivity index (χ2n) is 11.9. The zero-order chi connectivity index (χ0) is 25.4. The van der Waals surface area contributed by atoms with Crippen LogP contribution in [0.2, 0.25) is 0 Å². The number of likely N-dealkylation sites (tertiary alicyclic amines) is 1. The largest absolute Gasteiger partial charge is 0.358 e. The Balaban J connectivity index is 1.01. The van der Waals surface area contributed by atoms with Crippen molar-refractivity contribution in [1.29, 1.82) is 0 Å². The Morgan fingerprint density at radius 2 is 1.42 bits per heavy atom. The number of piperidine rings is 1. The highest BCUT2D eigenvalue weighted by Gasteiger charge is 2.67. The van der Waals surface area contributed by atoms with Gasteiger partial charge in [-0.15, -0.1) is 0 Å². The number of aromatic nitrogens is 1. The molecule has 36 heavy (non-hydrogen) atoms. The number of rotatable bonds is 18. The lowest BCUT2D eigenvalue weighted by Gasteiger charge is -2.28. The molecule has 1 spiro atoms. The van der Waals surface area contributed by atoms with Crippen LogP contribution in [0.15, 0.2) is 18.0 Å². The number of carbonyl (C=O) groups excluding carboxylic acids is 2. The number of ketones is 1. The van der Waals surface area contributed by atoms with Crippen molar-refractivity contribution in [1.82, 2.24) is 9.88 Å². The number of fused-ring (bicyclic) bond motifs is 1. The molecule has 1 saturated carbocycles. The highest BCUT2D eigenvalue weighted by Crippen LogP contribution is 2.67. The summed E-state index contributed by atoms with van der Waals surface area (Å²) >= 11 is 0. The quantitative estimate of drug-likeness (QED) is 0.208. The van der Waals surface area contributed by atoms with Gasteiger partial charge in [0.05, 0.1) is 5.69 Å². The van der Waals surface area contributed by atoms with Crippen molar-refractivity contribution in [3.8, 4) is 0 Å². The Labute approximate surface area is 219 Å². The van der Waals surface area contributed by atoms with Crippen molar-refractivity contribution < 1.29 is 9.59 Å². The lowest BCUT2D eigenvalue weighted by atomic mass is 9.83. The Hall–Kier alpha value is -1.84. The first kappa shape index (κ1) is 27.2. The number of H-pyrrole nitrogens is 1. The smallest absolute Gasteiger partial charge is 0.226 e. The highest BCUT2D eigenvalue weighted by molar-refractivity contribution is 6.08. The van der Waals surface area contributed by atoms with Crippen LogP contribution in [-0.2, 0) is 10.2 Å². The number of aromatic amines is 1. The van der Waals surface area contributed by atoms with Gasteiger partial charge in [0, 0.05) is 36.4 Å². The number of unbranched alkanes of at least 4 members (excludes halogenated alkanes) is 16. The molecule has 1 aromatic heterocycles. The van der Waals surface area contributed by atoms with Gasteiger partial charge < -0.3 is 9.88 Å². The Kier molecular flexibility index (Phi) is 9.90. The second-order valence-corrected chi connectivity index (χ2v) is 11.9. The fourth-order valence-corrected chi connectivity index (χ4v) is 6.92. The van der Waals surface area contributed by atoms with Gasteiger partial charge in [0.2, 0.25) is 11.7 Å². The third-order valence-electron chi connectivity index (χ3n) is 9.09. The molecule has 4 nitrogen and oxygen atoms in total. The molecule has 1 amide bonds. The van der Waals surface area contributed by atoms with E-state index in [-0.39, 0.29) is 17.1 Å². The molecule has 2 heterocycles. The van der Waals surface area contributed by atoms with Crippen LogP contribution in [0.5, 0.6) is 0 Å². The van der Waals surface area contributed by atoms with Crippen LogP contribution in [0.25, 0.3) is 0 Å². The van der Waals surface area contributed by atoms with E-state index >= 15 is 0 Å². The molecular weight excluding hydrogens is 444 g/mol. The Morgan fingerprint density at radius 1 is 0.889 bits per heavy atom. The number of hydrogen-bond acceptors (Lipinski definition) is 2. The molecule has 1 aromatic rings. The third kappa shape index (κ3) is 6.17. The number of allylic oxidation sites excluding steroid dienone is 2. The van der Waals surface area contributed by atoms with Gasteiger partial charge >= 0.3 is 0 Å². The summed E-state index contributed by atoms with van der Waals surface area (Å²) in [6.07, 6.45) is 28.4. The molecule has 3 aliphatic rings. The van der Waals surface area contributed by atoms with Crippen molar-refractivity contribution >= 4 is 11.7 Å². The summed E-state index contributed by atoms with van der Waals surface area (Å²) in [4.78, 5) is 30.8. The van der Waals surface area contributed by atoms with Crippen LogP contribution < -0.4 is 0 Å². The normalized spacial score (nSPS) is 21.8. The molecule has 0 aromatic carbocycles. The fourth-order valence-electron chi connectivity index (χ4n) is 6.92. The van der Waals surface area contributed by atoms with Gasteiger partial charge in [0.15, 0.2) is 0 Å². The van der Waals surface area contributed by atoms with Crippen molar-refractivity contribution in [2.24, 2.45) is 5.92 Å². The topological polar surface area (TPSA) is 53.2 Å². The Bertz CT molecular complexity index is 913. The zero-order valence-corrected chi connectivity index (χ0v) is 23.1. The maximum absolute atomic E-state index is 13.0. The van der Waals surface area contributed by atoms with Gasteiger partial charge in [-0.25, -0.2) is 0 Å². The van der Waals surface area contributed by atoms with Gasteiger partial charge in [0.25, 0.3) is 0 Å². The van der Waals surface area contributed by atoms with E-state index in [2.05, 4.69) is 18.8 Å². The molecule has 2 unspecified atom stereocenters. The lowest BCUT2D eigenvalue weighted by molar-refractivity contribution is -0.129. The first-order valence-corrected chi connectivity index (χ1v) is 15.3. The third-order valence-corrected chi connectivity index (χ3v) is 9.09. The van der Waals surface area contributed by atoms with Crippen molar-refractivity contribution in [3.05, 3.63) is 34.8 Å². The SMILES string of the molecule is CCCCCCCCCCCCCCCCCCCC(=O)N1CC2CC23C1=CC(=O)c1[nH]cc(C)c13. The van der Waals surface area contributed by atoms with E-state index < -0.39 is 0 Å². The fraction of sp³-hybridized carbons (Fsp3) is 0.750. The minimum Gasteiger partial charge on any atom is -0.358 e. The minimum absolute atomic E-state index is 0.0295. The highest BCUT2D eigenvalue weighted by atomic mass is 16.2. The summed E-state index contributed by atoms with van der Waals surface area (Å²) < 4.78 is 0. The van der Waals surface area contributed by atoms with Gasteiger partial charge in [-0.3, -0.25) is 9.59 Å². The van der Waals surface area contributed by atoms with Crippen molar-refractivity contribution in [2.75, 3.05) is 6.54 Å². The van der Waals surface area contributed by atoms with Crippen LogP contribution in [-0.4, -0.2) is 28.1 Å². The average molecular weight is 495 g/mol. The zero-order valence-electron chi connectivity index (χ0n) is 23.1. The summed E-state index contributed by atoms with van der Waals surface area (Å²) in [6.45, 7) is 5.16. The maximum Gasteiger partial charge on any atom is 0.226 e. The van der Waals surface area contributed by atoms with E-state index in [0.29, 0.717) is 12.3 Å². The summed E-state index contributed by atoms with van der Waals surface area (Å²) in [5, 5.41) is 0. The standard InChI is InChI=1S/C32H50N2O2/c1-3-4-5-6-7-8-9-10-11-12-13-14-15-16-17-18-19-20-29(36)34-24-26-22-32(26)28(34)21-27(35)31-30(32)25(2)23-33-31/h21,23,26,33H,3-20,22,24H2,1-2H3. The number of hydrogen-bond donors (Lipinski definition) is 1. The molecule has 2 fully saturated rings. The van der Waals surface area contributed by atoms with Crippen LogP contribution in [0.1, 0.15) is 151 Å². The molecule has 4 rings (SSSR count). The molecule has 0 radical (unpaired) electrons. The van der Waals surface area contributed by atoms with E-state index in [4.69, 9.17) is 0 Å². The molecule has 4 heteroatoms. The summed E-state index contributed by atoms with van der Waals surface area (Å²) in [5.41, 5.74) is 4.01. The molecular formula is C32H50N2O2. The molecule has 1 aliphatic heterocycles. The van der Waals surface area contributed by atoms with Gasteiger partial charge in [0.1, 0.15) is 0 Å². The number of amides is 1. The molecule has 0 bridgehead atoms. The van der Waals surface area contributed by atoms with Crippen molar-refractivity contribution in [2.45, 2.75) is 141 Å². The van der Waals surface area contributed by atoms with E-state index in [1.165, 1.54) is 102 Å². The monoisotopic (exact) mass is 494 g/mol. The number of carbonyl (C=O) groups is 2. The average Bonchev–Trinajstić information content (AvgIpc) is 3.27. The van der Waals surface area contributed by atoms with E-state index in [9.17, 15) is 9.59 Å². The van der Waals surface area contributed by atoms with Gasteiger partial charge in [-0.2, -0.15) is 0 Å². The van der Waals surface area contributed by atoms with Crippen LogP contribution in [0, 0.1) is 12.8 Å². The first-order chi connectivity index (χ1) is 17.6. The number of nitrogens with one attached hydrogen (secondary N) is 1. The molecule has 2 atom stereocenters. The van der Waals surface area contributed by atoms with Crippen molar-refractivity contribution in [3.63, 3.8) is 0 Å². The van der Waals surface area contributed by atoms with E-state index in [1.54, 1.807) is 6.08 Å². The second kappa shape index (κ2) is 13.1. The predicted molar refractivity (Wildman–Crippen MR) is 148 cm³/mol. The summed E-state index contributed by atoms with van der Waals surface area (Å²) in [5.74, 6) is 0.740. The number of aryl methyl sites for hydroxylation is 1. The van der Waals surface area contributed by atoms with E-state index in [0.717, 1.165) is 42.8 Å². The first-order valence-electron chi connectivity index (χ1n) is 15.3. The summed E-state index contributed by atoms with van der Waals surface area (Å²) in [6, 6.07) is 0. The van der Waals surface area contributed by atoms with Gasteiger partial charge in [-0.1, -0.05) is 110 Å². The molecule has 200 valence electrons. The van der Waals surface area contributed by atoms with Crippen LogP contribution in [0.4, 0.5) is 0 Å². The lowest BCUT2D eigenvalue weighted by Crippen LogP contribution is -2.33. The number of nitrogens with zero attached hydrogens (tertiary/aromatic N) is 1. The molecule has 1 N–H and O–H groups in total. The Morgan fingerprint density at radius 3 is 1.97 bits per heavy atom. The minimum atomic E-state index is -0.0583. The van der Waals surface area contributed by atoms with Crippen LogP contribution in [0.3, 0.4) is 0 Å².